The lowest BCUT2D eigenvalue weighted by Gasteiger charge is -2.19. The highest BCUT2D eigenvalue weighted by Crippen LogP contribution is 2.17. The summed E-state index contributed by atoms with van der Waals surface area (Å²) in [5.41, 5.74) is 2.41. The number of anilines is 1. The first kappa shape index (κ1) is 13.5. The lowest BCUT2D eigenvalue weighted by Crippen LogP contribution is -2.27. The Labute approximate surface area is 113 Å². The second kappa shape index (κ2) is 5.40. The van der Waals surface area contributed by atoms with E-state index in [1.807, 2.05) is 31.2 Å². The van der Waals surface area contributed by atoms with Crippen molar-refractivity contribution in [3.8, 4) is 0 Å². The second-order valence-electron chi connectivity index (χ2n) is 4.42. The average molecular weight is 276 g/mol. The quantitative estimate of drug-likeness (QED) is 0.861. The van der Waals surface area contributed by atoms with Gasteiger partial charge in [-0.1, -0.05) is 29.8 Å². The Bertz CT molecular complexity index is 654. The molecule has 0 amide bonds. The normalized spacial score (nSPS) is 11.3. The molecule has 0 fully saturated rings. The van der Waals surface area contributed by atoms with Crippen LogP contribution in [0.2, 0.25) is 0 Å². The molecule has 0 radical (unpaired) electrons. The van der Waals surface area contributed by atoms with Gasteiger partial charge in [0, 0.05) is 13.2 Å². The molecule has 2 aromatic rings. The van der Waals surface area contributed by atoms with Gasteiger partial charge in [0.2, 0.25) is 10.0 Å². The largest absolute Gasteiger partial charge is 0.271 e. The fraction of sp³-hybridized carbons (Fsp3) is 0.214. The first-order valence-corrected chi connectivity index (χ1v) is 7.52. The molecule has 19 heavy (non-hydrogen) atoms. The summed E-state index contributed by atoms with van der Waals surface area (Å²) in [5, 5.41) is 0. The van der Waals surface area contributed by atoms with Crippen molar-refractivity contribution in [2.75, 3.05) is 11.4 Å². The zero-order valence-electron chi connectivity index (χ0n) is 10.9. The smallest absolute Gasteiger partial charge is 0.239 e. The van der Waals surface area contributed by atoms with Crippen LogP contribution in [0.3, 0.4) is 0 Å². The third-order valence-corrected chi connectivity index (χ3v) is 4.60. The van der Waals surface area contributed by atoms with Gasteiger partial charge in [0.15, 0.2) is 0 Å². The van der Waals surface area contributed by atoms with Crippen LogP contribution in [0.15, 0.2) is 48.8 Å². The first-order chi connectivity index (χ1) is 8.99. The van der Waals surface area contributed by atoms with Crippen LogP contribution >= 0.6 is 0 Å². The lowest BCUT2D eigenvalue weighted by atomic mass is 10.2. The third kappa shape index (κ3) is 3.32. The minimum Gasteiger partial charge on any atom is -0.271 e. The van der Waals surface area contributed by atoms with Gasteiger partial charge >= 0.3 is 0 Å². The van der Waals surface area contributed by atoms with Crippen LogP contribution in [0.1, 0.15) is 11.1 Å². The SMILES string of the molecule is Cc1cccc(CS(=O)(=O)N(C)c2cccnc2)c1. The van der Waals surface area contributed by atoms with Gasteiger partial charge in [0.25, 0.3) is 0 Å². The molecule has 0 aliphatic heterocycles. The Balaban J connectivity index is 2.24. The van der Waals surface area contributed by atoms with Gasteiger partial charge in [-0.25, -0.2) is 8.42 Å². The number of rotatable bonds is 4. The predicted molar refractivity (Wildman–Crippen MR) is 76.4 cm³/mol. The van der Waals surface area contributed by atoms with Crippen LogP contribution in [-0.4, -0.2) is 20.4 Å². The van der Waals surface area contributed by atoms with Crippen molar-refractivity contribution >= 4 is 15.7 Å². The molecule has 5 heteroatoms. The highest BCUT2D eigenvalue weighted by atomic mass is 32.2. The summed E-state index contributed by atoms with van der Waals surface area (Å²) in [5.74, 6) is -0.0138. The minimum absolute atomic E-state index is 0.0138. The van der Waals surface area contributed by atoms with Crippen LogP contribution in [-0.2, 0) is 15.8 Å². The van der Waals surface area contributed by atoms with E-state index in [4.69, 9.17) is 0 Å². The van der Waals surface area contributed by atoms with E-state index >= 15 is 0 Å². The van der Waals surface area contributed by atoms with Crippen LogP contribution in [0.4, 0.5) is 5.69 Å². The van der Waals surface area contributed by atoms with E-state index in [9.17, 15) is 8.42 Å². The van der Waals surface area contributed by atoms with Gasteiger partial charge in [-0.2, -0.15) is 0 Å². The molecule has 0 bridgehead atoms. The monoisotopic (exact) mass is 276 g/mol. The molecule has 0 N–H and O–H groups in total. The van der Waals surface area contributed by atoms with Crippen molar-refractivity contribution in [3.05, 3.63) is 59.9 Å². The average Bonchev–Trinajstić information content (AvgIpc) is 2.38. The molecular formula is C14H16N2O2S. The van der Waals surface area contributed by atoms with Gasteiger partial charge < -0.3 is 0 Å². The molecule has 1 aromatic heterocycles. The molecule has 0 unspecified atom stereocenters. The lowest BCUT2D eigenvalue weighted by molar-refractivity contribution is 0.593. The highest BCUT2D eigenvalue weighted by molar-refractivity contribution is 7.92. The molecule has 1 aromatic carbocycles. The number of benzene rings is 1. The molecule has 2 rings (SSSR count). The van der Waals surface area contributed by atoms with Crippen LogP contribution < -0.4 is 4.31 Å². The van der Waals surface area contributed by atoms with Crippen LogP contribution in [0.25, 0.3) is 0 Å². The summed E-state index contributed by atoms with van der Waals surface area (Å²) in [7, 11) is -1.85. The number of hydrogen-bond donors (Lipinski definition) is 0. The van der Waals surface area contributed by atoms with Crippen LogP contribution in [0.5, 0.6) is 0 Å². The number of hydrogen-bond acceptors (Lipinski definition) is 3. The Morgan fingerprint density at radius 2 is 2.00 bits per heavy atom. The third-order valence-electron chi connectivity index (χ3n) is 2.86. The molecule has 0 saturated carbocycles. The summed E-state index contributed by atoms with van der Waals surface area (Å²) < 4.78 is 25.9. The zero-order chi connectivity index (χ0) is 13.9. The Morgan fingerprint density at radius 3 is 2.63 bits per heavy atom. The predicted octanol–water partition coefficient (Wildman–Crippen LogP) is 2.36. The summed E-state index contributed by atoms with van der Waals surface area (Å²) in [6, 6.07) is 11.0. The van der Waals surface area contributed by atoms with Crippen molar-refractivity contribution in [3.63, 3.8) is 0 Å². The fourth-order valence-electron chi connectivity index (χ4n) is 1.81. The number of sulfonamides is 1. The van der Waals surface area contributed by atoms with E-state index in [0.29, 0.717) is 5.69 Å². The minimum atomic E-state index is -3.39. The van der Waals surface area contributed by atoms with Gasteiger partial charge in [0.05, 0.1) is 17.6 Å². The zero-order valence-corrected chi connectivity index (χ0v) is 11.8. The summed E-state index contributed by atoms with van der Waals surface area (Å²) in [4.78, 5) is 3.93. The molecular weight excluding hydrogens is 260 g/mol. The van der Waals surface area contributed by atoms with E-state index in [1.165, 1.54) is 10.5 Å². The standard InChI is InChI=1S/C14H16N2O2S/c1-12-5-3-6-13(9-12)11-19(17,18)16(2)14-7-4-8-15-10-14/h3-10H,11H2,1-2H3. The Morgan fingerprint density at radius 1 is 1.21 bits per heavy atom. The second-order valence-corrected chi connectivity index (χ2v) is 6.42. The molecule has 0 aliphatic carbocycles. The summed E-state index contributed by atoms with van der Waals surface area (Å²) >= 11 is 0. The van der Waals surface area contributed by atoms with E-state index in [1.54, 1.807) is 25.4 Å². The molecule has 1 heterocycles. The molecule has 4 nitrogen and oxygen atoms in total. The number of pyridine rings is 1. The van der Waals surface area contributed by atoms with Crippen molar-refractivity contribution in [1.82, 2.24) is 4.98 Å². The number of aromatic nitrogens is 1. The summed E-state index contributed by atoms with van der Waals surface area (Å²) in [6.07, 6.45) is 3.15. The maximum Gasteiger partial charge on any atom is 0.239 e. The van der Waals surface area contributed by atoms with Crippen molar-refractivity contribution in [2.24, 2.45) is 0 Å². The molecule has 100 valence electrons. The van der Waals surface area contributed by atoms with Gasteiger partial charge in [-0.05, 0) is 24.6 Å². The van der Waals surface area contributed by atoms with Gasteiger partial charge in [-0.3, -0.25) is 9.29 Å². The van der Waals surface area contributed by atoms with E-state index in [2.05, 4.69) is 4.98 Å². The first-order valence-electron chi connectivity index (χ1n) is 5.91. The Hall–Kier alpha value is -1.88. The van der Waals surface area contributed by atoms with Gasteiger partial charge in [-0.15, -0.1) is 0 Å². The summed E-state index contributed by atoms with van der Waals surface area (Å²) in [6.45, 7) is 1.95. The van der Waals surface area contributed by atoms with E-state index in [0.717, 1.165) is 11.1 Å². The van der Waals surface area contributed by atoms with Crippen molar-refractivity contribution < 1.29 is 8.42 Å². The van der Waals surface area contributed by atoms with Crippen LogP contribution in [0, 0.1) is 6.92 Å². The molecule has 0 atom stereocenters. The van der Waals surface area contributed by atoms with Crippen molar-refractivity contribution in [2.45, 2.75) is 12.7 Å². The maximum atomic E-state index is 12.3. The fourth-order valence-corrected chi connectivity index (χ4v) is 3.03. The maximum absolute atomic E-state index is 12.3. The molecule has 0 spiro atoms. The molecule has 0 saturated heterocycles. The topological polar surface area (TPSA) is 50.3 Å². The van der Waals surface area contributed by atoms with E-state index in [-0.39, 0.29) is 5.75 Å². The van der Waals surface area contributed by atoms with Crippen molar-refractivity contribution in [1.29, 1.82) is 0 Å². The Kier molecular flexibility index (Phi) is 3.85. The van der Waals surface area contributed by atoms with E-state index < -0.39 is 10.0 Å². The van der Waals surface area contributed by atoms with Gasteiger partial charge in [0.1, 0.15) is 0 Å². The molecule has 0 aliphatic rings. The number of nitrogens with zero attached hydrogens (tertiary/aromatic N) is 2. The highest BCUT2D eigenvalue weighted by Gasteiger charge is 2.19. The number of aryl methyl sites for hydroxylation is 1.